The molecule has 4 aliphatic carbocycles. The molecule has 2 saturated heterocycles. The van der Waals surface area contributed by atoms with Crippen molar-refractivity contribution in [3.8, 4) is 0 Å². The van der Waals surface area contributed by atoms with Gasteiger partial charge in [-0.15, -0.1) is 0 Å². The van der Waals surface area contributed by atoms with Gasteiger partial charge < -0.3 is 19.7 Å². The summed E-state index contributed by atoms with van der Waals surface area (Å²) in [6, 6.07) is 0. The molecule has 5 fully saturated rings. The maximum Gasteiger partial charge on any atom is 0.171 e. The highest BCUT2D eigenvalue weighted by molar-refractivity contribution is 5.97. The van der Waals surface area contributed by atoms with Gasteiger partial charge in [-0.1, -0.05) is 33.3 Å². The van der Waals surface area contributed by atoms with Crippen molar-refractivity contribution in [3.05, 3.63) is 11.6 Å². The Morgan fingerprint density at radius 1 is 1.06 bits per heavy atom. The van der Waals surface area contributed by atoms with Crippen LogP contribution in [-0.2, 0) is 14.3 Å². The molecule has 178 valence electrons. The summed E-state index contributed by atoms with van der Waals surface area (Å²) >= 11 is 0. The molecule has 2 aliphatic heterocycles. The highest BCUT2D eigenvalue weighted by Crippen LogP contribution is 2.69. The molecule has 5 heteroatoms. The van der Waals surface area contributed by atoms with E-state index < -0.39 is 23.4 Å². The van der Waals surface area contributed by atoms with E-state index in [1.54, 1.807) is 0 Å². The molecule has 6 rings (SSSR count). The van der Waals surface area contributed by atoms with Crippen LogP contribution in [0.3, 0.4) is 0 Å². The lowest BCUT2D eigenvalue weighted by atomic mass is 9.47. The van der Waals surface area contributed by atoms with Gasteiger partial charge in [0, 0.05) is 23.7 Å². The number of carbonyl (C=O) groups is 1. The van der Waals surface area contributed by atoms with Crippen molar-refractivity contribution >= 4 is 5.78 Å². The molecule has 0 radical (unpaired) electrons. The lowest BCUT2D eigenvalue weighted by Crippen LogP contribution is -2.55. The van der Waals surface area contributed by atoms with Crippen molar-refractivity contribution in [1.29, 1.82) is 0 Å². The standard InChI is InChI=1S/C27H40O5/c1-14-7-8-27(31-13-14)15(2)24-22(32-27)10-19-17-6-5-16-9-20(28)21(29)12-25(16,3)18(17)11-23(30)26(19,24)4/h11,14-17,19-22,24,28-29H,5-10,12-13H2,1-4H3/t14-,15-,16-,17+,19+,20+,21+,22-,24-,25-,26+,27+/m0/s1. The summed E-state index contributed by atoms with van der Waals surface area (Å²) in [5.74, 6) is 1.77. The zero-order valence-corrected chi connectivity index (χ0v) is 20.0. The molecule has 6 aliphatic rings. The summed E-state index contributed by atoms with van der Waals surface area (Å²) in [5.41, 5.74) is 0.675. The fraction of sp³-hybridized carbons (Fsp3) is 0.889. The average molecular weight is 445 g/mol. The lowest BCUT2D eigenvalue weighted by molar-refractivity contribution is -0.271. The van der Waals surface area contributed by atoms with Crippen LogP contribution in [-0.4, -0.2) is 46.7 Å². The molecule has 12 atom stereocenters. The summed E-state index contributed by atoms with van der Waals surface area (Å²) in [6.45, 7) is 9.70. The Bertz CT molecular complexity index is 843. The molecule has 2 N–H and O–H groups in total. The zero-order chi connectivity index (χ0) is 22.6. The number of hydrogen-bond acceptors (Lipinski definition) is 5. The molecule has 5 nitrogen and oxygen atoms in total. The van der Waals surface area contributed by atoms with Gasteiger partial charge in [-0.2, -0.15) is 0 Å². The van der Waals surface area contributed by atoms with E-state index in [2.05, 4.69) is 27.7 Å². The molecule has 0 aromatic heterocycles. The second kappa shape index (κ2) is 6.90. The highest BCUT2D eigenvalue weighted by atomic mass is 16.7. The van der Waals surface area contributed by atoms with Gasteiger partial charge in [-0.3, -0.25) is 4.79 Å². The molecule has 3 saturated carbocycles. The van der Waals surface area contributed by atoms with E-state index in [1.165, 1.54) is 5.57 Å². The van der Waals surface area contributed by atoms with E-state index in [-0.39, 0.29) is 29.1 Å². The van der Waals surface area contributed by atoms with Crippen molar-refractivity contribution in [1.82, 2.24) is 0 Å². The van der Waals surface area contributed by atoms with Crippen LogP contribution in [0.2, 0.25) is 0 Å². The van der Waals surface area contributed by atoms with Crippen LogP contribution in [0.4, 0.5) is 0 Å². The lowest BCUT2D eigenvalue weighted by Gasteiger charge is -2.57. The number of ketones is 1. The molecule has 0 unspecified atom stereocenters. The maximum absolute atomic E-state index is 13.9. The number of ether oxygens (including phenoxy) is 2. The number of aliphatic hydroxyl groups is 2. The number of rotatable bonds is 0. The number of fused-ring (bicyclic) bond motifs is 7. The van der Waals surface area contributed by atoms with Crippen molar-refractivity contribution in [3.63, 3.8) is 0 Å². The highest BCUT2D eigenvalue weighted by Gasteiger charge is 2.70. The molecule has 0 aromatic carbocycles. The van der Waals surface area contributed by atoms with Crippen molar-refractivity contribution in [2.24, 2.45) is 46.3 Å². The minimum atomic E-state index is -0.698. The molecular weight excluding hydrogens is 404 g/mol. The van der Waals surface area contributed by atoms with Gasteiger partial charge in [-0.05, 0) is 73.7 Å². The predicted octanol–water partition coefficient (Wildman–Crippen LogP) is 3.86. The van der Waals surface area contributed by atoms with Gasteiger partial charge in [0.15, 0.2) is 11.6 Å². The second-order valence-electron chi connectivity index (χ2n) is 12.7. The predicted molar refractivity (Wildman–Crippen MR) is 119 cm³/mol. The molecular formula is C27H40O5. The zero-order valence-electron chi connectivity index (χ0n) is 20.0. The quantitative estimate of drug-likeness (QED) is 0.593. The summed E-state index contributed by atoms with van der Waals surface area (Å²) in [7, 11) is 0. The Morgan fingerprint density at radius 2 is 1.84 bits per heavy atom. The SMILES string of the molecule is C[C@H]1CC[C@@]2(OC1)O[C@H]1C[C@@H]3[C@@H]4CC[C@H]5C[C@@H](O)[C@H](O)C[C@]5(C)C4=CC(=O)[C@]3(C)[C@H]1[C@@H]2C. The number of aliphatic hydroxyl groups excluding tert-OH is 2. The van der Waals surface area contributed by atoms with Crippen LogP contribution >= 0.6 is 0 Å². The minimum absolute atomic E-state index is 0.0920. The Morgan fingerprint density at radius 3 is 2.56 bits per heavy atom. The molecule has 0 amide bonds. The summed E-state index contributed by atoms with van der Waals surface area (Å²) in [6.07, 6.45) is 7.09. The summed E-state index contributed by atoms with van der Waals surface area (Å²) in [4.78, 5) is 13.9. The Hall–Kier alpha value is -0.750. The fourth-order valence-corrected chi connectivity index (χ4v) is 9.32. The van der Waals surface area contributed by atoms with Crippen molar-refractivity contribution in [2.75, 3.05) is 6.61 Å². The first-order valence-corrected chi connectivity index (χ1v) is 13.0. The first-order chi connectivity index (χ1) is 15.1. The van der Waals surface area contributed by atoms with Crippen molar-refractivity contribution in [2.45, 2.75) is 96.7 Å². The van der Waals surface area contributed by atoms with E-state index >= 15 is 0 Å². The summed E-state index contributed by atoms with van der Waals surface area (Å²) < 4.78 is 13.1. The average Bonchev–Trinajstić information content (AvgIpc) is 3.19. The van der Waals surface area contributed by atoms with E-state index in [9.17, 15) is 15.0 Å². The van der Waals surface area contributed by atoms with Crippen LogP contribution in [0.1, 0.15) is 72.6 Å². The first-order valence-electron chi connectivity index (χ1n) is 13.0. The van der Waals surface area contributed by atoms with Gasteiger partial charge in [-0.25, -0.2) is 0 Å². The Kier molecular flexibility index (Phi) is 4.69. The normalized spacial score (nSPS) is 59.2. The van der Waals surface area contributed by atoms with Gasteiger partial charge in [0.1, 0.15) is 0 Å². The maximum atomic E-state index is 13.9. The van der Waals surface area contributed by atoms with Crippen molar-refractivity contribution < 1.29 is 24.5 Å². The Labute approximate surface area is 191 Å². The van der Waals surface area contributed by atoms with E-state index in [4.69, 9.17) is 9.47 Å². The monoisotopic (exact) mass is 444 g/mol. The third-order valence-electron chi connectivity index (χ3n) is 11.2. The largest absolute Gasteiger partial charge is 0.390 e. The van der Waals surface area contributed by atoms with Crippen LogP contribution in [0.25, 0.3) is 0 Å². The second-order valence-corrected chi connectivity index (χ2v) is 12.7. The third-order valence-corrected chi connectivity index (χ3v) is 11.2. The third kappa shape index (κ3) is 2.63. The topological polar surface area (TPSA) is 76.0 Å². The van der Waals surface area contributed by atoms with E-state index in [0.717, 1.165) is 38.7 Å². The van der Waals surface area contributed by atoms with Crippen LogP contribution in [0.5, 0.6) is 0 Å². The van der Waals surface area contributed by atoms with E-state index in [1.807, 2.05) is 6.08 Å². The number of carbonyl (C=O) groups excluding carboxylic acids is 1. The first kappa shape index (κ1) is 21.8. The van der Waals surface area contributed by atoms with Gasteiger partial charge in [0.2, 0.25) is 0 Å². The number of hydrogen-bond donors (Lipinski definition) is 2. The van der Waals surface area contributed by atoms with Crippen LogP contribution in [0.15, 0.2) is 11.6 Å². The number of allylic oxidation sites excluding steroid dienone is 2. The molecule has 1 spiro atoms. The fourth-order valence-electron chi connectivity index (χ4n) is 9.32. The molecule has 0 bridgehead atoms. The van der Waals surface area contributed by atoms with Crippen LogP contribution in [0, 0.1) is 46.3 Å². The van der Waals surface area contributed by atoms with Crippen LogP contribution < -0.4 is 0 Å². The van der Waals surface area contributed by atoms with Gasteiger partial charge in [0.25, 0.3) is 0 Å². The Balaban J connectivity index is 1.35. The van der Waals surface area contributed by atoms with Gasteiger partial charge >= 0.3 is 0 Å². The smallest absolute Gasteiger partial charge is 0.171 e. The minimum Gasteiger partial charge on any atom is -0.390 e. The molecule has 32 heavy (non-hydrogen) atoms. The molecule has 2 heterocycles. The summed E-state index contributed by atoms with van der Waals surface area (Å²) in [5, 5.41) is 20.8. The molecule has 0 aromatic rings. The van der Waals surface area contributed by atoms with Gasteiger partial charge in [0.05, 0.1) is 24.9 Å². The van der Waals surface area contributed by atoms with E-state index in [0.29, 0.717) is 36.5 Å².